The molecular formula is C25H28N6O2S. The maximum absolute atomic E-state index is 12.9. The zero-order valence-corrected chi connectivity index (χ0v) is 20.5. The van der Waals surface area contributed by atoms with Crippen molar-refractivity contribution < 1.29 is 9.53 Å². The standard InChI is InChI=1S/C25H28N6O2S/c1-17(2)31-22(14-15-26-31)27-24(32)19(4)34-25-29-28-23(30(25)20-11-6-5-7-12-20)16-33-21-13-9-8-10-18(21)3/h5-15,17,19H,16H2,1-4H3,(H,27,32). The highest BCUT2D eigenvalue weighted by Gasteiger charge is 2.22. The Hall–Kier alpha value is -3.59. The molecule has 1 amide bonds. The molecule has 4 aromatic rings. The molecule has 0 aliphatic rings. The van der Waals surface area contributed by atoms with Crippen molar-refractivity contribution in [2.24, 2.45) is 0 Å². The Morgan fingerprint density at radius 2 is 1.76 bits per heavy atom. The van der Waals surface area contributed by atoms with Crippen LogP contribution in [0.2, 0.25) is 0 Å². The number of hydrogen-bond donors (Lipinski definition) is 1. The van der Waals surface area contributed by atoms with Gasteiger partial charge in [-0.15, -0.1) is 10.2 Å². The lowest BCUT2D eigenvalue weighted by Gasteiger charge is -2.16. The van der Waals surface area contributed by atoms with Crippen LogP contribution in [-0.2, 0) is 11.4 Å². The number of hydrogen-bond acceptors (Lipinski definition) is 6. The topological polar surface area (TPSA) is 86.9 Å². The van der Waals surface area contributed by atoms with Crippen LogP contribution in [0.25, 0.3) is 5.69 Å². The van der Waals surface area contributed by atoms with E-state index >= 15 is 0 Å². The van der Waals surface area contributed by atoms with Gasteiger partial charge < -0.3 is 10.1 Å². The van der Waals surface area contributed by atoms with Gasteiger partial charge in [0.1, 0.15) is 18.2 Å². The van der Waals surface area contributed by atoms with Crippen LogP contribution in [0.5, 0.6) is 5.75 Å². The lowest BCUT2D eigenvalue weighted by atomic mass is 10.2. The maximum Gasteiger partial charge on any atom is 0.238 e. The number of aromatic nitrogens is 5. The minimum Gasteiger partial charge on any atom is -0.485 e. The van der Waals surface area contributed by atoms with Crippen molar-refractivity contribution in [3.8, 4) is 11.4 Å². The third kappa shape index (κ3) is 5.31. The number of nitrogens with zero attached hydrogens (tertiary/aromatic N) is 5. The molecule has 1 unspecified atom stereocenters. The van der Waals surface area contributed by atoms with Gasteiger partial charge in [-0.2, -0.15) is 5.10 Å². The normalized spacial score (nSPS) is 12.0. The lowest BCUT2D eigenvalue weighted by molar-refractivity contribution is -0.115. The highest BCUT2D eigenvalue weighted by molar-refractivity contribution is 8.00. The Morgan fingerprint density at radius 1 is 1.03 bits per heavy atom. The van der Waals surface area contributed by atoms with E-state index in [4.69, 9.17) is 4.74 Å². The molecule has 0 fully saturated rings. The van der Waals surface area contributed by atoms with Crippen LogP contribution in [0.1, 0.15) is 38.2 Å². The predicted molar refractivity (Wildman–Crippen MR) is 133 cm³/mol. The van der Waals surface area contributed by atoms with Gasteiger partial charge in [0.05, 0.1) is 11.4 Å². The van der Waals surface area contributed by atoms with Gasteiger partial charge in [0.2, 0.25) is 5.91 Å². The first-order valence-corrected chi connectivity index (χ1v) is 12.0. The molecule has 0 radical (unpaired) electrons. The number of carbonyl (C=O) groups excluding carboxylic acids is 1. The molecule has 2 heterocycles. The summed E-state index contributed by atoms with van der Waals surface area (Å²) in [4.78, 5) is 12.9. The van der Waals surface area contributed by atoms with E-state index in [9.17, 15) is 4.79 Å². The minimum absolute atomic E-state index is 0.132. The van der Waals surface area contributed by atoms with Gasteiger partial charge in [-0.3, -0.25) is 9.36 Å². The van der Waals surface area contributed by atoms with E-state index in [1.54, 1.807) is 16.9 Å². The summed E-state index contributed by atoms with van der Waals surface area (Å²) in [5.74, 6) is 1.99. The van der Waals surface area contributed by atoms with Gasteiger partial charge in [0.25, 0.3) is 0 Å². The van der Waals surface area contributed by atoms with Crippen molar-refractivity contribution in [3.05, 3.63) is 78.2 Å². The van der Waals surface area contributed by atoms with Crippen LogP contribution < -0.4 is 10.1 Å². The minimum atomic E-state index is -0.410. The molecule has 0 bridgehead atoms. The highest BCUT2D eigenvalue weighted by Crippen LogP contribution is 2.28. The van der Waals surface area contributed by atoms with Crippen LogP contribution >= 0.6 is 11.8 Å². The molecule has 0 aliphatic carbocycles. The summed E-state index contributed by atoms with van der Waals surface area (Å²) >= 11 is 1.35. The number of ether oxygens (including phenoxy) is 1. The molecular weight excluding hydrogens is 448 g/mol. The van der Waals surface area contributed by atoms with Crippen molar-refractivity contribution in [2.45, 2.75) is 50.8 Å². The quantitative estimate of drug-likeness (QED) is 0.340. The van der Waals surface area contributed by atoms with Crippen LogP contribution in [0.3, 0.4) is 0 Å². The Labute approximate surface area is 203 Å². The van der Waals surface area contributed by atoms with E-state index in [1.165, 1.54) is 11.8 Å². The second-order valence-corrected chi connectivity index (χ2v) is 9.44. The Morgan fingerprint density at radius 3 is 2.50 bits per heavy atom. The van der Waals surface area contributed by atoms with Gasteiger partial charge in [-0.05, 0) is 51.5 Å². The van der Waals surface area contributed by atoms with Crippen molar-refractivity contribution >= 4 is 23.5 Å². The summed E-state index contributed by atoms with van der Waals surface area (Å²) in [5, 5.41) is 16.2. The van der Waals surface area contributed by atoms with E-state index in [1.807, 2.05) is 86.9 Å². The molecule has 0 aliphatic heterocycles. The molecule has 8 nitrogen and oxygen atoms in total. The molecule has 0 spiro atoms. The molecule has 2 aromatic heterocycles. The van der Waals surface area contributed by atoms with Crippen LogP contribution in [0, 0.1) is 6.92 Å². The number of amides is 1. The largest absolute Gasteiger partial charge is 0.485 e. The fourth-order valence-corrected chi connectivity index (χ4v) is 4.32. The Kier molecular flexibility index (Phi) is 7.32. The molecule has 176 valence electrons. The first kappa shape index (κ1) is 23.6. The van der Waals surface area contributed by atoms with E-state index in [-0.39, 0.29) is 18.6 Å². The average Bonchev–Trinajstić information content (AvgIpc) is 3.46. The smallest absolute Gasteiger partial charge is 0.238 e. The average molecular weight is 477 g/mol. The second-order valence-electron chi connectivity index (χ2n) is 8.13. The number of anilines is 1. The number of nitrogens with one attached hydrogen (secondary N) is 1. The van der Waals surface area contributed by atoms with Gasteiger partial charge >= 0.3 is 0 Å². The summed E-state index contributed by atoms with van der Waals surface area (Å²) in [6.07, 6.45) is 1.68. The SMILES string of the molecule is Cc1ccccc1OCc1nnc(SC(C)C(=O)Nc2ccnn2C(C)C)n1-c1ccccc1. The summed E-state index contributed by atoms with van der Waals surface area (Å²) in [6, 6.07) is 19.6. The molecule has 1 atom stereocenters. The number of thioether (sulfide) groups is 1. The van der Waals surface area contributed by atoms with Gasteiger partial charge in [-0.1, -0.05) is 48.2 Å². The second kappa shape index (κ2) is 10.6. The lowest BCUT2D eigenvalue weighted by Crippen LogP contribution is -2.25. The summed E-state index contributed by atoms with van der Waals surface area (Å²) in [5.41, 5.74) is 1.96. The monoisotopic (exact) mass is 476 g/mol. The number of para-hydroxylation sites is 2. The van der Waals surface area contributed by atoms with Gasteiger partial charge in [0.15, 0.2) is 11.0 Å². The van der Waals surface area contributed by atoms with Crippen molar-refractivity contribution in [1.82, 2.24) is 24.5 Å². The number of carbonyl (C=O) groups is 1. The number of aryl methyl sites for hydroxylation is 1. The Bertz CT molecular complexity index is 1250. The third-order valence-corrected chi connectivity index (χ3v) is 6.27. The summed E-state index contributed by atoms with van der Waals surface area (Å²) < 4.78 is 9.75. The van der Waals surface area contributed by atoms with Crippen molar-refractivity contribution in [3.63, 3.8) is 0 Å². The highest BCUT2D eigenvalue weighted by atomic mass is 32.2. The van der Waals surface area contributed by atoms with Gasteiger partial charge in [0, 0.05) is 17.8 Å². The fourth-order valence-electron chi connectivity index (χ4n) is 3.43. The summed E-state index contributed by atoms with van der Waals surface area (Å²) in [7, 11) is 0. The number of rotatable bonds is 9. The first-order valence-electron chi connectivity index (χ1n) is 11.1. The van der Waals surface area contributed by atoms with Crippen molar-refractivity contribution in [1.29, 1.82) is 0 Å². The van der Waals surface area contributed by atoms with Crippen LogP contribution in [0.15, 0.2) is 72.0 Å². The van der Waals surface area contributed by atoms with Crippen LogP contribution in [0.4, 0.5) is 5.82 Å². The summed E-state index contributed by atoms with van der Waals surface area (Å²) in [6.45, 7) is 8.14. The maximum atomic E-state index is 12.9. The molecule has 4 rings (SSSR count). The molecule has 1 N–H and O–H groups in total. The molecule has 2 aromatic carbocycles. The Balaban J connectivity index is 1.54. The van der Waals surface area contributed by atoms with Crippen molar-refractivity contribution in [2.75, 3.05) is 5.32 Å². The molecule has 0 saturated carbocycles. The number of benzene rings is 2. The van der Waals surface area contributed by atoms with E-state index in [0.29, 0.717) is 16.8 Å². The molecule has 9 heteroatoms. The van der Waals surface area contributed by atoms with Crippen LogP contribution in [-0.4, -0.2) is 35.7 Å². The fraction of sp³-hybridized carbons (Fsp3) is 0.280. The predicted octanol–water partition coefficient (Wildman–Crippen LogP) is 5.05. The zero-order valence-electron chi connectivity index (χ0n) is 19.7. The van der Waals surface area contributed by atoms with E-state index in [2.05, 4.69) is 20.6 Å². The van der Waals surface area contributed by atoms with E-state index in [0.717, 1.165) is 17.0 Å². The van der Waals surface area contributed by atoms with E-state index < -0.39 is 5.25 Å². The molecule has 0 saturated heterocycles. The zero-order chi connectivity index (χ0) is 24.1. The van der Waals surface area contributed by atoms with Gasteiger partial charge in [-0.25, -0.2) is 4.68 Å². The first-order chi connectivity index (χ1) is 16.4. The third-order valence-electron chi connectivity index (χ3n) is 5.23. The molecule has 34 heavy (non-hydrogen) atoms.